The summed E-state index contributed by atoms with van der Waals surface area (Å²) in [6, 6.07) is 6.96. The molecule has 5 nitrogen and oxygen atoms in total. The number of esters is 1. The number of methoxy groups -OCH3 is 2. The van der Waals surface area contributed by atoms with Crippen LogP contribution in [0.5, 0.6) is 5.75 Å². The van der Waals surface area contributed by atoms with Gasteiger partial charge in [-0.1, -0.05) is 12.1 Å². The minimum atomic E-state index is -0.436. The van der Waals surface area contributed by atoms with Gasteiger partial charge in [0.2, 0.25) is 5.91 Å². The molecule has 0 radical (unpaired) electrons. The van der Waals surface area contributed by atoms with Gasteiger partial charge in [0.1, 0.15) is 11.8 Å². The summed E-state index contributed by atoms with van der Waals surface area (Å²) in [6.07, 6.45) is 2.85. The topological polar surface area (TPSA) is 55.8 Å². The van der Waals surface area contributed by atoms with E-state index < -0.39 is 6.04 Å². The van der Waals surface area contributed by atoms with Crippen molar-refractivity contribution in [3.63, 3.8) is 0 Å². The molecule has 1 amide bonds. The van der Waals surface area contributed by atoms with Gasteiger partial charge in [0.15, 0.2) is 0 Å². The second-order valence-electron chi connectivity index (χ2n) is 5.15. The molecule has 1 aromatic rings. The molecule has 0 N–H and O–H groups in total. The summed E-state index contributed by atoms with van der Waals surface area (Å²) in [4.78, 5) is 25.9. The van der Waals surface area contributed by atoms with E-state index in [9.17, 15) is 9.59 Å². The van der Waals surface area contributed by atoms with Crippen LogP contribution in [-0.2, 0) is 20.7 Å². The van der Waals surface area contributed by atoms with E-state index in [-0.39, 0.29) is 18.3 Å². The minimum absolute atomic E-state index is 0.0322. The van der Waals surface area contributed by atoms with Crippen LogP contribution in [0.2, 0.25) is 0 Å². The van der Waals surface area contributed by atoms with E-state index in [1.165, 1.54) is 7.11 Å². The van der Waals surface area contributed by atoms with Crippen LogP contribution in [0.1, 0.15) is 24.8 Å². The number of rotatable bonds is 4. The Morgan fingerprint density at radius 3 is 2.52 bits per heavy atom. The fraction of sp³-hybridized carbons (Fsp3) is 0.500. The molecule has 0 aliphatic carbocycles. The summed E-state index contributed by atoms with van der Waals surface area (Å²) >= 11 is 0. The van der Waals surface area contributed by atoms with E-state index in [1.807, 2.05) is 24.3 Å². The zero-order chi connectivity index (χ0) is 15.2. The highest BCUT2D eigenvalue weighted by Crippen LogP contribution is 2.20. The first kappa shape index (κ1) is 15.4. The van der Waals surface area contributed by atoms with Crippen molar-refractivity contribution in [2.45, 2.75) is 31.7 Å². The van der Waals surface area contributed by atoms with Gasteiger partial charge in [-0.25, -0.2) is 4.79 Å². The molecule has 114 valence electrons. The minimum Gasteiger partial charge on any atom is -0.497 e. The zero-order valence-electron chi connectivity index (χ0n) is 12.5. The number of piperidine rings is 1. The van der Waals surface area contributed by atoms with Gasteiger partial charge in [-0.2, -0.15) is 0 Å². The fourth-order valence-corrected chi connectivity index (χ4v) is 2.63. The number of hydrogen-bond donors (Lipinski definition) is 0. The van der Waals surface area contributed by atoms with Crippen LogP contribution < -0.4 is 4.74 Å². The first-order valence-corrected chi connectivity index (χ1v) is 7.16. The predicted octanol–water partition coefficient (Wildman–Crippen LogP) is 1.79. The van der Waals surface area contributed by atoms with Crippen LogP contribution in [-0.4, -0.2) is 43.6 Å². The number of benzene rings is 1. The SMILES string of the molecule is COC(=O)C1CCCCN1C(=O)Cc1ccc(OC)cc1. The lowest BCUT2D eigenvalue weighted by molar-refractivity contribution is -0.154. The maximum Gasteiger partial charge on any atom is 0.328 e. The summed E-state index contributed by atoms with van der Waals surface area (Å²) in [5, 5.41) is 0. The summed E-state index contributed by atoms with van der Waals surface area (Å²) in [5.74, 6) is 0.407. The molecule has 1 aromatic carbocycles. The molecule has 1 atom stereocenters. The van der Waals surface area contributed by atoms with Crippen molar-refractivity contribution in [3.05, 3.63) is 29.8 Å². The van der Waals surface area contributed by atoms with E-state index in [0.717, 1.165) is 24.2 Å². The molecule has 1 aliphatic rings. The average Bonchev–Trinajstić information content (AvgIpc) is 2.54. The molecule has 5 heteroatoms. The molecule has 0 spiro atoms. The van der Waals surface area contributed by atoms with E-state index in [1.54, 1.807) is 12.0 Å². The lowest BCUT2D eigenvalue weighted by Gasteiger charge is -2.33. The van der Waals surface area contributed by atoms with Gasteiger partial charge >= 0.3 is 5.97 Å². The Morgan fingerprint density at radius 2 is 1.90 bits per heavy atom. The van der Waals surface area contributed by atoms with Gasteiger partial charge in [0.25, 0.3) is 0 Å². The van der Waals surface area contributed by atoms with Crippen LogP contribution in [0.3, 0.4) is 0 Å². The Hall–Kier alpha value is -2.04. The lowest BCUT2D eigenvalue weighted by Crippen LogP contribution is -2.49. The van der Waals surface area contributed by atoms with Crippen LogP contribution >= 0.6 is 0 Å². The van der Waals surface area contributed by atoms with Crippen LogP contribution in [0, 0.1) is 0 Å². The summed E-state index contributed by atoms with van der Waals surface area (Å²) in [5.41, 5.74) is 0.912. The molecular weight excluding hydrogens is 270 g/mol. The predicted molar refractivity (Wildman–Crippen MR) is 78.1 cm³/mol. The average molecular weight is 291 g/mol. The molecule has 0 aromatic heterocycles. The van der Waals surface area contributed by atoms with Gasteiger partial charge < -0.3 is 14.4 Å². The Labute approximate surface area is 124 Å². The highest BCUT2D eigenvalue weighted by molar-refractivity contribution is 5.86. The van der Waals surface area contributed by atoms with E-state index in [4.69, 9.17) is 9.47 Å². The number of hydrogen-bond acceptors (Lipinski definition) is 4. The van der Waals surface area contributed by atoms with E-state index in [2.05, 4.69) is 0 Å². The standard InChI is InChI=1S/C16H21NO4/c1-20-13-8-6-12(7-9-13)11-15(18)17-10-4-3-5-14(17)16(19)21-2/h6-9,14H,3-5,10-11H2,1-2H3. The van der Waals surface area contributed by atoms with Crippen molar-refractivity contribution in [2.24, 2.45) is 0 Å². The first-order chi connectivity index (χ1) is 10.2. The Bertz CT molecular complexity index is 498. The first-order valence-electron chi connectivity index (χ1n) is 7.16. The molecule has 1 saturated heterocycles. The van der Waals surface area contributed by atoms with Crippen molar-refractivity contribution in [2.75, 3.05) is 20.8 Å². The van der Waals surface area contributed by atoms with Crippen LogP contribution in [0.15, 0.2) is 24.3 Å². The molecule has 1 heterocycles. The molecule has 1 aliphatic heterocycles. The molecule has 1 fully saturated rings. The van der Waals surface area contributed by atoms with E-state index in [0.29, 0.717) is 13.0 Å². The quantitative estimate of drug-likeness (QED) is 0.794. The molecule has 21 heavy (non-hydrogen) atoms. The van der Waals surface area contributed by atoms with Crippen LogP contribution in [0.4, 0.5) is 0 Å². The third-order valence-electron chi connectivity index (χ3n) is 3.81. The summed E-state index contributed by atoms with van der Waals surface area (Å²) in [6.45, 7) is 0.620. The normalized spacial score (nSPS) is 18.2. The van der Waals surface area contributed by atoms with Crippen molar-refractivity contribution < 1.29 is 19.1 Å². The van der Waals surface area contributed by atoms with Gasteiger partial charge in [-0.3, -0.25) is 4.79 Å². The van der Waals surface area contributed by atoms with Crippen LogP contribution in [0.25, 0.3) is 0 Å². The molecule has 0 bridgehead atoms. The highest BCUT2D eigenvalue weighted by atomic mass is 16.5. The molecule has 2 rings (SSSR count). The maximum atomic E-state index is 12.4. The second-order valence-corrected chi connectivity index (χ2v) is 5.15. The fourth-order valence-electron chi connectivity index (χ4n) is 2.63. The van der Waals surface area contributed by atoms with Crippen molar-refractivity contribution in [3.8, 4) is 5.75 Å². The van der Waals surface area contributed by atoms with Crippen molar-refractivity contribution in [1.29, 1.82) is 0 Å². The number of ether oxygens (including phenoxy) is 2. The smallest absolute Gasteiger partial charge is 0.328 e. The lowest BCUT2D eigenvalue weighted by atomic mass is 10.0. The Balaban J connectivity index is 2.04. The van der Waals surface area contributed by atoms with Crippen molar-refractivity contribution in [1.82, 2.24) is 4.90 Å². The third-order valence-corrected chi connectivity index (χ3v) is 3.81. The number of carbonyl (C=O) groups excluding carboxylic acids is 2. The molecular formula is C16H21NO4. The molecule has 0 saturated carbocycles. The largest absolute Gasteiger partial charge is 0.497 e. The van der Waals surface area contributed by atoms with Gasteiger partial charge in [-0.05, 0) is 37.0 Å². The number of nitrogens with zero attached hydrogens (tertiary/aromatic N) is 1. The van der Waals surface area contributed by atoms with Gasteiger partial charge in [-0.15, -0.1) is 0 Å². The second kappa shape index (κ2) is 7.11. The molecule has 1 unspecified atom stereocenters. The number of likely N-dealkylation sites (tertiary alicyclic amines) is 1. The third kappa shape index (κ3) is 3.74. The van der Waals surface area contributed by atoms with Gasteiger partial charge in [0, 0.05) is 6.54 Å². The maximum absolute atomic E-state index is 12.4. The number of amides is 1. The zero-order valence-corrected chi connectivity index (χ0v) is 12.5. The van der Waals surface area contributed by atoms with Gasteiger partial charge in [0.05, 0.1) is 20.6 Å². The van der Waals surface area contributed by atoms with E-state index >= 15 is 0 Å². The Kier molecular flexibility index (Phi) is 5.20. The summed E-state index contributed by atoms with van der Waals surface area (Å²) in [7, 11) is 2.97. The highest BCUT2D eigenvalue weighted by Gasteiger charge is 2.32. The Morgan fingerprint density at radius 1 is 1.19 bits per heavy atom. The number of carbonyl (C=O) groups is 2. The summed E-state index contributed by atoms with van der Waals surface area (Å²) < 4.78 is 9.90. The van der Waals surface area contributed by atoms with Crippen molar-refractivity contribution >= 4 is 11.9 Å². The monoisotopic (exact) mass is 291 g/mol.